The number of allylic oxidation sites excluding steroid dienone is 1. The van der Waals surface area contributed by atoms with Crippen LogP contribution in [0.4, 0.5) is 0 Å². The Labute approximate surface area is 302 Å². The fraction of sp³-hybridized carbons (Fsp3) is 0.884. The van der Waals surface area contributed by atoms with Crippen molar-refractivity contribution >= 4 is 17.7 Å². The standard InChI is InChI=1S/C43H69NO6/c1-26(2)35-29(45)23-43(32(46)25-44-27-13-11-10-12-14-27)22-21-41(8)28(36(35)43)15-16-31-40(7)19-18-33(50-34(47)24-38(3,4)37(48)49)39(5,6)30(40)17-20-42(31,41)9/h26-28,30-33,44,46H,10-25H2,1-9H3,(H,48,49)/t28-,30?,31-,32?,33+,40+,41-,42-,43?/m1/s1. The molecular weight excluding hydrogens is 626 g/mol. The van der Waals surface area contributed by atoms with Gasteiger partial charge >= 0.3 is 11.9 Å². The maximum absolute atomic E-state index is 14.0. The minimum Gasteiger partial charge on any atom is -0.481 e. The average molecular weight is 696 g/mol. The molecule has 5 saturated carbocycles. The Morgan fingerprint density at radius 2 is 1.56 bits per heavy atom. The summed E-state index contributed by atoms with van der Waals surface area (Å²) in [6.45, 7) is 20.4. The molecule has 9 atom stereocenters. The molecule has 0 saturated heterocycles. The van der Waals surface area contributed by atoms with E-state index in [1.54, 1.807) is 13.8 Å². The Morgan fingerprint density at radius 1 is 0.880 bits per heavy atom. The second kappa shape index (κ2) is 13.0. The van der Waals surface area contributed by atoms with E-state index in [1.165, 1.54) is 37.7 Å². The van der Waals surface area contributed by atoms with Crippen LogP contribution in [-0.2, 0) is 19.1 Å². The van der Waals surface area contributed by atoms with Crippen LogP contribution in [0.3, 0.4) is 0 Å². The zero-order valence-electron chi connectivity index (χ0n) is 32.9. The number of hydrogen-bond acceptors (Lipinski definition) is 6. The summed E-state index contributed by atoms with van der Waals surface area (Å²) in [6.07, 6.45) is 13.8. The second-order valence-corrected chi connectivity index (χ2v) is 20.3. The smallest absolute Gasteiger partial charge is 0.309 e. The van der Waals surface area contributed by atoms with E-state index in [1.807, 2.05) is 0 Å². The predicted octanol–water partition coefficient (Wildman–Crippen LogP) is 8.66. The molecule has 0 bridgehead atoms. The van der Waals surface area contributed by atoms with Gasteiger partial charge in [0.05, 0.1) is 17.9 Å². The van der Waals surface area contributed by atoms with E-state index < -0.39 is 28.9 Å². The molecule has 7 heteroatoms. The SMILES string of the molecule is CC(C)C1=C2[C@H]3CC[C@@H]4[C@@]5(C)CC[C@H](OC(=O)CC(C)(C)C(=O)O)C(C)(C)C5CC[C@@]4(C)[C@]3(C)CCC2(C(O)CNC2CCCCC2)CC1=O. The van der Waals surface area contributed by atoms with Crippen LogP contribution < -0.4 is 5.32 Å². The maximum Gasteiger partial charge on any atom is 0.309 e. The Morgan fingerprint density at radius 3 is 2.20 bits per heavy atom. The van der Waals surface area contributed by atoms with Crippen LogP contribution in [-0.4, -0.2) is 52.7 Å². The van der Waals surface area contributed by atoms with E-state index in [-0.39, 0.29) is 45.9 Å². The molecule has 5 fully saturated rings. The highest BCUT2D eigenvalue weighted by molar-refractivity contribution is 6.00. The molecule has 282 valence electrons. The van der Waals surface area contributed by atoms with Crippen molar-refractivity contribution in [1.29, 1.82) is 0 Å². The van der Waals surface area contributed by atoms with Gasteiger partial charge in [-0.2, -0.15) is 0 Å². The number of hydrogen-bond donors (Lipinski definition) is 3. The van der Waals surface area contributed by atoms with Gasteiger partial charge in [0.15, 0.2) is 5.78 Å². The van der Waals surface area contributed by atoms with Crippen LogP contribution in [0.25, 0.3) is 0 Å². The van der Waals surface area contributed by atoms with Gasteiger partial charge in [0.1, 0.15) is 6.10 Å². The third-order valence-corrected chi connectivity index (χ3v) is 16.7. The number of carbonyl (C=O) groups is 3. The third-order valence-electron chi connectivity index (χ3n) is 16.7. The first-order valence-corrected chi connectivity index (χ1v) is 20.4. The molecule has 0 radical (unpaired) electrons. The van der Waals surface area contributed by atoms with Crippen molar-refractivity contribution in [2.24, 2.45) is 56.2 Å². The summed E-state index contributed by atoms with van der Waals surface area (Å²) in [5.41, 5.74) is 0.755. The van der Waals surface area contributed by atoms with Crippen LogP contribution in [0.2, 0.25) is 0 Å². The van der Waals surface area contributed by atoms with Crippen molar-refractivity contribution in [2.75, 3.05) is 6.54 Å². The number of carbonyl (C=O) groups excluding carboxylic acids is 2. The number of carboxylic acid groups (broad SMARTS) is 1. The Kier molecular flexibility index (Phi) is 9.87. The maximum atomic E-state index is 14.0. The van der Waals surface area contributed by atoms with Crippen LogP contribution in [0, 0.1) is 56.2 Å². The molecule has 0 aromatic rings. The number of aliphatic hydroxyl groups is 1. The lowest BCUT2D eigenvalue weighted by molar-refractivity contribution is -0.235. The van der Waals surface area contributed by atoms with Gasteiger partial charge in [-0.05, 0) is 124 Å². The molecular formula is C43H69NO6. The molecule has 0 heterocycles. The summed E-state index contributed by atoms with van der Waals surface area (Å²) in [5, 5.41) is 25.5. The first-order chi connectivity index (χ1) is 23.2. The Balaban J connectivity index is 1.27. The van der Waals surface area contributed by atoms with Gasteiger partial charge in [-0.3, -0.25) is 14.4 Å². The number of ketones is 1. The monoisotopic (exact) mass is 696 g/mol. The number of Topliss-reactive ketones (excluding diaryl/α,β-unsaturated/α-hetero) is 1. The zero-order valence-corrected chi connectivity index (χ0v) is 32.9. The predicted molar refractivity (Wildman–Crippen MR) is 196 cm³/mol. The minimum atomic E-state index is -1.15. The normalized spacial score (nSPS) is 40.8. The summed E-state index contributed by atoms with van der Waals surface area (Å²) >= 11 is 0. The van der Waals surface area contributed by atoms with E-state index in [0.717, 1.165) is 56.9 Å². The number of aliphatic hydroxyl groups excluding tert-OH is 1. The molecule has 6 rings (SSSR count). The zero-order chi connectivity index (χ0) is 36.7. The lowest BCUT2D eigenvalue weighted by atomic mass is 9.33. The molecule has 0 spiro atoms. The molecule has 6 aliphatic carbocycles. The topological polar surface area (TPSA) is 113 Å². The molecule has 0 aromatic heterocycles. The van der Waals surface area contributed by atoms with Gasteiger partial charge in [0.2, 0.25) is 0 Å². The van der Waals surface area contributed by atoms with Gasteiger partial charge in [0, 0.05) is 29.8 Å². The highest BCUT2D eigenvalue weighted by Gasteiger charge is 2.70. The number of fused-ring (bicyclic) bond motifs is 7. The molecule has 0 aliphatic heterocycles. The van der Waals surface area contributed by atoms with Crippen molar-refractivity contribution in [3.05, 3.63) is 11.1 Å². The molecule has 3 N–H and O–H groups in total. The molecule has 7 nitrogen and oxygen atoms in total. The number of ether oxygens (including phenoxy) is 1. The van der Waals surface area contributed by atoms with Crippen LogP contribution in [0.15, 0.2) is 11.1 Å². The number of carboxylic acids is 1. The third kappa shape index (κ3) is 5.76. The second-order valence-electron chi connectivity index (χ2n) is 20.3. The van der Waals surface area contributed by atoms with Gasteiger partial charge in [-0.25, -0.2) is 0 Å². The average Bonchev–Trinajstić information content (AvgIpc) is 3.35. The minimum absolute atomic E-state index is 0.0277. The van der Waals surface area contributed by atoms with Crippen molar-refractivity contribution < 1.29 is 29.3 Å². The van der Waals surface area contributed by atoms with Gasteiger partial charge in [-0.1, -0.05) is 73.3 Å². The van der Waals surface area contributed by atoms with Crippen LogP contribution in [0.1, 0.15) is 159 Å². The van der Waals surface area contributed by atoms with Crippen LogP contribution >= 0.6 is 0 Å². The van der Waals surface area contributed by atoms with Gasteiger partial charge in [0.25, 0.3) is 0 Å². The fourth-order valence-electron chi connectivity index (χ4n) is 13.7. The lowest BCUT2D eigenvalue weighted by Crippen LogP contribution is -2.66. The Hall–Kier alpha value is -1.73. The number of aliphatic carboxylic acids is 1. The number of esters is 1. The van der Waals surface area contributed by atoms with Crippen molar-refractivity contribution in [1.82, 2.24) is 5.32 Å². The van der Waals surface area contributed by atoms with Crippen molar-refractivity contribution in [3.8, 4) is 0 Å². The lowest BCUT2D eigenvalue weighted by Gasteiger charge is -2.72. The molecule has 0 amide bonds. The van der Waals surface area contributed by atoms with E-state index in [9.17, 15) is 24.6 Å². The fourth-order valence-corrected chi connectivity index (χ4v) is 13.7. The molecule has 50 heavy (non-hydrogen) atoms. The summed E-state index contributed by atoms with van der Waals surface area (Å²) < 4.78 is 6.17. The molecule has 0 aromatic carbocycles. The summed E-state index contributed by atoms with van der Waals surface area (Å²) in [7, 11) is 0. The first-order valence-electron chi connectivity index (χ1n) is 20.4. The number of nitrogens with one attached hydrogen (secondary N) is 1. The van der Waals surface area contributed by atoms with Crippen molar-refractivity contribution in [3.63, 3.8) is 0 Å². The highest BCUT2D eigenvalue weighted by atomic mass is 16.5. The highest BCUT2D eigenvalue weighted by Crippen LogP contribution is 2.77. The molecule has 6 aliphatic rings. The number of rotatable bonds is 9. The van der Waals surface area contributed by atoms with Crippen molar-refractivity contribution in [2.45, 2.75) is 177 Å². The van der Waals surface area contributed by atoms with E-state index in [0.29, 0.717) is 36.8 Å². The molecule has 3 unspecified atom stereocenters. The largest absolute Gasteiger partial charge is 0.481 e. The Bertz CT molecular complexity index is 1390. The summed E-state index contributed by atoms with van der Waals surface area (Å²) in [5.74, 6) is 0.246. The quantitative estimate of drug-likeness (QED) is 0.207. The van der Waals surface area contributed by atoms with Gasteiger partial charge in [-0.15, -0.1) is 0 Å². The first kappa shape index (κ1) is 38.0. The van der Waals surface area contributed by atoms with E-state index in [2.05, 4.69) is 53.8 Å². The van der Waals surface area contributed by atoms with Crippen LogP contribution in [0.5, 0.6) is 0 Å². The summed E-state index contributed by atoms with van der Waals surface area (Å²) in [6, 6.07) is 0.475. The van der Waals surface area contributed by atoms with E-state index >= 15 is 0 Å². The van der Waals surface area contributed by atoms with Gasteiger partial charge < -0.3 is 20.3 Å². The van der Waals surface area contributed by atoms with E-state index in [4.69, 9.17) is 4.74 Å². The summed E-state index contributed by atoms with van der Waals surface area (Å²) in [4.78, 5) is 38.8.